The number of carbonyl (C=O) groups is 2. The molecule has 0 atom stereocenters. The van der Waals surface area contributed by atoms with Gasteiger partial charge in [-0.3, -0.25) is 4.79 Å². The molecule has 0 fully saturated rings. The number of phenolic OH excluding ortho intramolecular Hbond substituents is 1. The largest absolute Gasteiger partial charge is 0.507 e. The minimum absolute atomic E-state index is 0.00222. The molecule has 138 valence electrons. The summed E-state index contributed by atoms with van der Waals surface area (Å²) in [6.07, 6.45) is -5.24. The minimum atomic E-state index is -5.24. The lowest BCUT2D eigenvalue weighted by molar-refractivity contribution is -0.139. The molecule has 0 aliphatic heterocycles. The van der Waals surface area contributed by atoms with Gasteiger partial charge in [0, 0.05) is 17.2 Å². The van der Waals surface area contributed by atoms with Crippen molar-refractivity contribution < 1.29 is 42.5 Å². The van der Waals surface area contributed by atoms with Crippen molar-refractivity contribution in [2.45, 2.75) is 6.18 Å². The van der Waals surface area contributed by atoms with Crippen LogP contribution in [0.4, 0.5) is 23.4 Å². The fourth-order valence-corrected chi connectivity index (χ4v) is 2.30. The van der Waals surface area contributed by atoms with Crippen molar-refractivity contribution in [3.05, 3.63) is 45.0 Å². The summed E-state index contributed by atoms with van der Waals surface area (Å²) in [4.78, 5) is 36.3. The standard InChI is InChI=1S/C14H8F4N2O6/c15-5-2-6(21)3(1-4(5)14(16,17)18)7-8(12(23)24)10(19)20-11(22)9(7)13(25)26/h1-2,21H,(H,23,24)(H,25,26)(H3,19,20,22). The highest BCUT2D eigenvalue weighted by Gasteiger charge is 2.37. The van der Waals surface area contributed by atoms with Crippen LogP contribution in [0.15, 0.2) is 16.9 Å². The highest BCUT2D eigenvalue weighted by molar-refractivity contribution is 6.08. The molecule has 2 rings (SSSR count). The van der Waals surface area contributed by atoms with E-state index < -0.39 is 68.9 Å². The molecule has 26 heavy (non-hydrogen) atoms. The van der Waals surface area contributed by atoms with E-state index in [0.29, 0.717) is 0 Å². The number of aromatic amines is 1. The zero-order valence-electron chi connectivity index (χ0n) is 12.3. The van der Waals surface area contributed by atoms with Gasteiger partial charge in [0.05, 0.1) is 5.56 Å². The van der Waals surface area contributed by atoms with E-state index in [1.54, 1.807) is 4.98 Å². The number of nitrogens with one attached hydrogen (secondary N) is 1. The maximum absolute atomic E-state index is 13.5. The van der Waals surface area contributed by atoms with Gasteiger partial charge in [-0.15, -0.1) is 0 Å². The van der Waals surface area contributed by atoms with Crippen LogP contribution in [-0.2, 0) is 6.18 Å². The van der Waals surface area contributed by atoms with E-state index in [1.807, 2.05) is 0 Å². The van der Waals surface area contributed by atoms with Crippen LogP contribution in [0, 0.1) is 5.82 Å². The number of aromatic hydroxyl groups is 1. The average Bonchev–Trinajstić information content (AvgIpc) is 2.43. The molecule has 0 aliphatic rings. The number of aromatic carboxylic acids is 2. The van der Waals surface area contributed by atoms with Crippen molar-refractivity contribution in [1.82, 2.24) is 4.98 Å². The molecular weight excluding hydrogens is 368 g/mol. The van der Waals surface area contributed by atoms with Crippen LogP contribution in [0.3, 0.4) is 0 Å². The number of carboxylic acid groups (broad SMARTS) is 2. The van der Waals surface area contributed by atoms with E-state index in [0.717, 1.165) is 0 Å². The van der Waals surface area contributed by atoms with Gasteiger partial charge in [-0.05, 0) is 6.07 Å². The van der Waals surface area contributed by atoms with Gasteiger partial charge in [0.25, 0.3) is 5.56 Å². The number of halogens is 4. The molecule has 0 bridgehead atoms. The number of nitrogens with two attached hydrogens (primary N) is 1. The van der Waals surface area contributed by atoms with Crippen molar-refractivity contribution in [3.63, 3.8) is 0 Å². The smallest absolute Gasteiger partial charge is 0.419 e. The number of benzene rings is 1. The molecule has 2 aromatic rings. The van der Waals surface area contributed by atoms with Crippen LogP contribution < -0.4 is 11.3 Å². The first-order valence-corrected chi connectivity index (χ1v) is 6.48. The molecule has 0 amide bonds. The summed E-state index contributed by atoms with van der Waals surface area (Å²) in [7, 11) is 0. The number of alkyl halides is 3. The van der Waals surface area contributed by atoms with Gasteiger partial charge < -0.3 is 26.0 Å². The van der Waals surface area contributed by atoms with Crippen LogP contribution in [0.5, 0.6) is 5.75 Å². The Labute approximate surface area is 140 Å². The van der Waals surface area contributed by atoms with Crippen molar-refractivity contribution >= 4 is 17.8 Å². The first-order chi connectivity index (χ1) is 11.9. The van der Waals surface area contributed by atoms with Crippen LogP contribution in [0.2, 0.25) is 0 Å². The predicted molar refractivity (Wildman–Crippen MR) is 77.5 cm³/mol. The number of anilines is 1. The molecular formula is C14H8F4N2O6. The SMILES string of the molecule is Nc1[nH]c(=O)c(C(=O)O)c(-c2cc(C(F)(F)F)c(F)cc2O)c1C(=O)O. The highest BCUT2D eigenvalue weighted by Crippen LogP contribution is 2.41. The van der Waals surface area contributed by atoms with Crippen LogP contribution in [0.25, 0.3) is 11.1 Å². The van der Waals surface area contributed by atoms with Crippen LogP contribution in [-0.4, -0.2) is 32.2 Å². The maximum Gasteiger partial charge on any atom is 0.419 e. The Bertz CT molecular complexity index is 996. The number of aromatic nitrogens is 1. The Morgan fingerprint density at radius 3 is 2.08 bits per heavy atom. The topological polar surface area (TPSA) is 154 Å². The number of carboxylic acids is 2. The van der Waals surface area contributed by atoms with Gasteiger partial charge in [0.2, 0.25) is 0 Å². The second-order valence-electron chi connectivity index (χ2n) is 4.95. The third-order valence-electron chi connectivity index (χ3n) is 3.33. The Balaban J connectivity index is 3.08. The molecule has 8 nitrogen and oxygen atoms in total. The van der Waals surface area contributed by atoms with Crippen LogP contribution in [0.1, 0.15) is 26.3 Å². The minimum Gasteiger partial charge on any atom is -0.507 e. The second kappa shape index (κ2) is 6.06. The van der Waals surface area contributed by atoms with Gasteiger partial charge in [0.15, 0.2) is 0 Å². The molecule has 0 saturated carbocycles. The van der Waals surface area contributed by atoms with E-state index in [4.69, 9.17) is 10.8 Å². The molecule has 0 spiro atoms. The summed E-state index contributed by atoms with van der Waals surface area (Å²) in [5.74, 6) is -7.86. The fourth-order valence-electron chi connectivity index (χ4n) is 2.30. The number of hydrogen-bond acceptors (Lipinski definition) is 5. The number of pyridine rings is 1. The summed E-state index contributed by atoms with van der Waals surface area (Å²) in [5.41, 5.74) is -2.49. The number of H-pyrrole nitrogens is 1. The summed E-state index contributed by atoms with van der Waals surface area (Å²) in [5, 5.41) is 28.1. The number of phenols is 1. The van der Waals surface area contributed by atoms with Crippen LogP contribution >= 0.6 is 0 Å². The molecule has 1 aromatic carbocycles. The number of rotatable bonds is 3. The van der Waals surface area contributed by atoms with Crippen molar-refractivity contribution in [2.75, 3.05) is 5.73 Å². The average molecular weight is 376 g/mol. The lowest BCUT2D eigenvalue weighted by Gasteiger charge is -2.16. The first kappa shape index (κ1) is 18.8. The number of nitrogen functional groups attached to an aromatic ring is 1. The van der Waals surface area contributed by atoms with Crippen molar-refractivity contribution in [2.24, 2.45) is 0 Å². The summed E-state index contributed by atoms with van der Waals surface area (Å²) >= 11 is 0. The third-order valence-corrected chi connectivity index (χ3v) is 3.33. The Hall–Kier alpha value is -3.57. The lowest BCUT2D eigenvalue weighted by atomic mass is 9.93. The van der Waals surface area contributed by atoms with E-state index in [-0.39, 0.29) is 12.1 Å². The molecule has 1 heterocycles. The Kier molecular flexibility index (Phi) is 4.37. The lowest BCUT2D eigenvalue weighted by Crippen LogP contribution is -2.24. The zero-order chi connectivity index (χ0) is 20.0. The molecule has 1 aromatic heterocycles. The molecule has 12 heteroatoms. The molecule has 6 N–H and O–H groups in total. The predicted octanol–water partition coefficient (Wildman–Crippen LogP) is 1.88. The van der Waals surface area contributed by atoms with Gasteiger partial charge in [-0.25, -0.2) is 14.0 Å². The van der Waals surface area contributed by atoms with Gasteiger partial charge in [0.1, 0.15) is 28.5 Å². The third kappa shape index (κ3) is 3.03. The highest BCUT2D eigenvalue weighted by atomic mass is 19.4. The molecule has 0 radical (unpaired) electrons. The Morgan fingerprint density at radius 1 is 1.08 bits per heavy atom. The second-order valence-corrected chi connectivity index (χ2v) is 4.95. The van der Waals surface area contributed by atoms with E-state index in [9.17, 15) is 42.2 Å². The normalized spacial score (nSPS) is 11.4. The quantitative estimate of drug-likeness (QED) is 0.513. The molecule has 0 aliphatic carbocycles. The van der Waals surface area contributed by atoms with Crippen molar-refractivity contribution in [1.29, 1.82) is 0 Å². The molecule has 0 unspecified atom stereocenters. The van der Waals surface area contributed by atoms with E-state index in [1.165, 1.54) is 0 Å². The van der Waals surface area contributed by atoms with Gasteiger partial charge >= 0.3 is 18.1 Å². The monoisotopic (exact) mass is 376 g/mol. The van der Waals surface area contributed by atoms with E-state index in [2.05, 4.69) is 0 Å². The summed E-state index contributed by atoms with van der Waals surface area (Å²) in [6, 6.07) is 0.0184. The molecule has 0 saturated heterocycles. The maximum atomic E-state index is 13.5. The summed E-state index contributed by atoms with van der Waals surface area (Å²) in [6.45, 7) is 0. The zero-order valence-corrected chi connectivity index (χ0v) is 12.3. The van der Waals surface area contributed by atoms with Gasteiger partial charge in [-0.2, -0.15) is 13.2 Å². The van der Waals surface area contributed by atoms with Gasteiger partial charge in [-0.1, -0.05) is 0 Å². The fraction of sp³-hybridized carbons (Fsp3) is 0.0714. The number of hydrogen-bond donors (Lipinski definition) is 5. The summed E-state index contributed by atoms with van der Waals surface area (Å²) < 4.78 is 52.2. The Morgan fingerprint density at radius 2 is 1.62 bits per heavy atom. The van der Waals surface area contributed by atoms with E-state index >= 15 is 0 Å². The first-order valence-electron chi connectivity index (χ1n) is 6.48. The van der Waals surface area contributed by atoms with Crippen molar-refractivity contribution in [3.8, 4) is 16.9 Å².